The summed E-state index contributed by atoms with van der Waals surface area (Å²) < 4.78 is 29.2. The summed E-state index contributed by atoms with van der Waals surface area (Å²) in [5.74, 6) is -1.76. The molecule has 0 aliphatic carbocycles. The highest BCUT2D eigenvalue weighted by Crippen LogP contribution is 2.20. The van der Waals surface area contributed by atoms with Crippen molar-refractivity contribution in [1.29, 1.82) is 0 Å². The predicted molar refractivity (Wildman–Crippen MR) is 105 cm³/mol. The largest absolute Gasteiger partial charge is 0.338 e. The van der Waals surface area contributed by atoms with Crippen molar-refractivity contribution in [3.8, 4) is 5.69 Å². The smallest absolute Gasteiger partial charge is 0.246 e. The average molecular weight is 381 g/mol. The Bertz CT molecular complexity index is 1010. The first-order valence-corrected chi connectivity index (χ1v) is 8.86. The summed E-state index contributed by atoms with van der Waals surface area (Å²) in [5, 5.41) is 4.57. The lowest BCUT2D eigenvalue weighted by Gasteiger charge is -2.15. The van der Waals surface area contributed by atoms with Crippen molar-refractivity contribution in [3.05, 3.63) is 88.8 Å². The van der Waals surface area contributed by atoms with Crippen LogP contribution in [0.1, 0.15) is 22.5 Å². The molecule has 1 amide bonds. The van der Waals surface area contributed by atoms with Crippen LogP contribution in [0, 0.1) is 25.5 Å². The van der Waals surface area contributed by atoms with Gasteiger partial charge in [-0.2, -0.15) is 5.10 Å². The Labute approximate surface area is 162 Å². The van der Waals surface area contributed by atoms with Gasteiger partial charge in [0.25, 0.3) is 0 Å². The molecule has 144 valence electrons. The van der Waals surface area contributed by atoms with E-state index in [1.807, 2.05) is 48.9 Å². The molecule has 0 fully saturated rings. The number of hydrogen-bond acceptors (Lipinski definition) is 2. The van der Waals surface area contributed by atoms with Gasteiger partial charge in [-0.3, -0.25) is 4.79 Å². The lowest BCUT2D eigenvalue weighted by Crippen LogP contribution is -2.24. The fraction of sp³-hybridized carbons (Fsp3) is 0.182. The van der Waals surface area contributed by atoms with E-state index in [1.165, 1.54) is 17.0 Å². The average Bonchev–Trinajstić information content (AvgIpc) is 2.96. The third-order valence-electron chi connectivity index (χ3n) is 4.61. The molecule has 3 rings (SSSR count). The molecule has 1 aromatic heterocycles. The number of nitrogens with zero attached hydrogens (tertiary/aromatic N) is 3. The lowest BCUT2D eigenvalue weighted by molar-refractivity contribution is -0.125. The summed E-state index contributed by atoms with van der Waals surface area (Å²) >= 11 is 0. The number of amides is 1. The first-order valence-electron chi connectivity index (χ1n) is 8.86. The molecule has 1 heterocycles. The maximum absolute atomic E-state index is 13.7. The molecule has 28 heavy (non-hydrogen) atoms. The van der Waals surface area contributed by atoms with Crippen LogP contribution >= 0.6 is 0 Å². The molecule has 0 saturated carbocycles. The molecule has 0 bridgehead atoms. The van der Waals surface area contributed by atoms with E-state index in [2.05, 4.69) is 5.10 Å². The molecule has 0 N–H and O–H groups in total. The number of aryl methyl sites for hydroxylation is 1. The van der Waals surface area contributed by atoms with Crippen molar-refractivity contribution >= 4 is 12.0 Å². The van der Waals surface area contributed by atoms with Crippen LogP contribution < -0.4 is 0 Å². The van der Waals surface area contributed by atoms with E-state index in [9.17, 15) is 13.6 Å². The Morgan fingerprint density at radius 2 is 1.71 bits per heavy atom. The van der Waals surface area contributed by atoms with Gasteiger partial charge in [-0.1, -0.05) is 24.3 Å². The molecule has 0 aliphatic heterocycles. The minimum Gasteiger partial charge on any atom is -0.338 e. The van der Waals surface area contributed by atoms with E-state index in [-0.39, 0.29) is 11.5 Å². The van der Waals surface area contributed by atoms with Crippen molar-refractivity contribution in [2.75, 3.05) is 7.05 Å². The molecule has 6 heteroatoms. The fourth-order valence-corrected chi connectivity index (χ4v) is 2.99. The first-order chi connectivity index (χ1) is 13.4. The van der Waals surface area contributed by atoms with Gasteiger partial charge in [-0.25, -0.2) is 13.5 Å². The molecule has 0 spiro atoms. The van der Waals surface area contributed by atoms with Crippen LogP contribution in [0.4, 0.5) is 8.78 Å². The molecule has 0 aliphatic rings. The van der Waals surface area contributed by atoms with E-state index < -0.39 is 11.6 Å². The van der Waals surface area contributed by atoms with Gasteiger partial charge >= 0.3 is 0 Å². The highest BCUT2D eigenvalue weighted by atomic mass is 19.1. The minimum atomic E-state index is -0.706. The number of carbonyl (C=O) groups is 1. The lowest BCUT2D eigenvalue weighted by atomic mass is 10.1. The van der Waals surface area contributed by atoms with E-state index in [0.717, 1.165) is 40.8 Å². The number of rotatable bonds is 5. The molecule has 4 nitrogen and oxygen atoms in total. The Kier molecular flexibility index (Phi) is 5.68. The van der Waals surface area contributed by atoms with Crippen LogP contribution in [0.25, 0.3) is 11.8 Å². The molecule has 0 saturated heterocycles. The monoisotopic (exact) mass is 381 g/mol. The molecule has 0 atom stereocenters. The topological polar surface area (TPSA) is 38.1 Å². The number of para-hydroxylation sites is 1. The van der Waals surface area contributed by atoms with Crippen LogP contribution in [0.3, 0.4) is 0 Å². The van der Waals surface area contributed by atoms with Gasteiger partial charge in [0, 0.05) is 36.5 Å². The van der Waals surface area contributed by atoms with Gasteiger partial charge in [0.05, 0.1) is 11.4 Å². The molecule has 0 radical (unpaired) electrons. The Morgan fingerprint density at radius 3 is 2.36 bits per heavy atom. The summed E-state index contributed by atoms with van der Waals surface area (Å²) in [6, 6.07) is 13.3. The van der Waals surface area contributed by atoms with Crippen molar-refractivity contribution in [1.82, 2.24) is 14.7 Å². The quantitative estimate of drug-likeness (QED) is 0.613. The van der Waals surface area contributed by atoms with Gasteiger partial charge in [0.15, 0.2) is 0 Å². The Morgan fingerprint density at radius 1 is 1.07 bits per heavy atom. The number of carbonyl (C=O) groups excluding carboxylic acids is 1. The molecular weight excluding hydrogens is 360 g/mol. The third kappa shape index (κ3) is 4.01. The third-order valence-corrected chi connectivity index (χ3v) is 4.61. The maximum atomic E-state index is 13.7. The summed E-state index contributed by atoms with van der Waals surface area (Å²) in [6.07, 6.45) is 2.34. The summed E-state index contributed by atoms with van der Waals surface area (Å²) in [4.78, 5) is 13.9. The zero-order valence-corrected chi connectivity index (χ0v) is 16.0. The van der Waals surface area contributed by atoms with Crippen LogP contribution in [-0.4, -0.2) is 27.6 Å². The minimum absolute atomic E-state index is 0.228. The second kappa shape index (κ2) is 8.17. The highest BCUT2D eigenvalue weighted by Gasteiger charge is 2.16. The molecule has 3 aromatic rings. The SMILES string of the molecule is Cc1nn(-c2ccccc2)c(C)c1CN(C)C(=O)C=Cc1c(F)cccc1F. The number of benzene rings is 2. The van der Waals surface area contributed by atoms with Crippen LogP contribution in [0.5, 0.6) is 0 Å². The van der Waals surface area contributed by atoms with Crippen molar-refractivity contribution in [3.63, 3.8) is 0 Å². The number of aromatic nitrogens is 2. The van der Waals surface area contributed by atoms with E-state index in [1.54, 1.807) is 7.05 Å². The molecule has 2 aromatic carbocycles. The normalized spacial score (nSPS) is 11.2. The van der Waals surface area contributed by atoms with Crippen molar-refractivity contribution in [2.24, 2.45) is 0 Å². The first kappa shape index (κ1) is 19.5. The standard InChI is InChI=1S/C22H21F2N3O/c1-15-19(16(2)27(25-15)17-8-5-4-6-9-17)14-26(3)22(28)13-12-18-20(23)10-7-11-21(18)24/h4-13H,14H2,1-3H3. The van der Waals surface area contributed by atoms with Gasteiger partial charge in [-0.15, -0.1) is 0 Å². The zero-order chi connectivity index (χ0) is 20.3. The highest BCUT2D eigenvalue weighted by molar-refractivity contribution is 5.91. The summed E-state index contributed by atoms with van der Waals surface area (Å²) in [5.41, 5.74) is 3.41. The van der Waals surface area contributed by atoms with Crippen molar-refractivity contribution in [2.45, 2.75) is 20.4 Å². The van der Waals surface area contributed by atoms with E-state index >= 15 is 0 Å². The van der Waals surface area contributed by atoms with Crippen molar-refractivity contribution < 1.29 is 13.6 Å². The summed E-state index contributed by atoms with van der Waals surface area (Å²) in [6.45, 7) is 4.18. The number of likely N-dealkylation sites (N-methyl/N-ethyl adjacent to an activating group) is 1. The van der Waals surface area contributed by atoms with Gasteiger partial charge < -0.3 is 4.90 Å². The van der Waals surface area contributed by atoms with Crippen LogP contribution in [0.2, 0.25) is 0 Å². The molecular formula is C22H21F2N3O. The van der Waals surface area contributed by atoms with Gasteiger partial charge in [-0.05, 0) is 44.2 Å². The second-order valence-electron chi connectivity index (χ2n) is 6.56. The van der Waals surface area contributed by atoms with Gasteiger partial charge in [0.1, 0.15) is 11.6 Å². The van der Waals surface area contributed by atoms with Gasteiger partial charge in [0.2, 0.25) is 5.91 Å². The van der Waals surface area contributed by atoms with E-state index in [0.29, 0.717) is 6.54 Å². The Hall–Kier alpha value is -3.28. The molecule has 0 unspecified atom stereocenters. The summed E-state index contributed by atoms with van der Waals surface area (Å²) in [7, 11) is 1.64. The predicted octanol–water partition coefficient (Wildman–Crippen LogP) is 4.44. The van der Waals surface area contributed by atoms with Crippen LogP contribution in [0.15, 0.2) is 54.6 Å². The number of halogens is 2. The second-order valence-corrected chi connectivity index (χ2v) is 6.56. The number of hydrogen-bond donors (Lipinski definition) is 0. The maximum Gasteiger partial charge on any atom is 0.246 e. The Balaban J connectivity index is 1.78. The fourth-order valence-electron chi connectivity index (χ4n) is 2.99. The van der Waals surface area contributed by atoms with E-state index in [4.69, 9.17) is 0 Å². The zero-order valence-electron chi connectivity index (χ0n) is 16.0. The van der Waals surface area contributed by atoms with Crippen LogP contribution in [-0.2, 0) is 11.3 Å².